The van der Waals surface area contributed by atoms with Gasteiger partial charge in [-0.05, 0) is 81.8 Å². The van der Waals surface area contributed by atoms with Crippen LogP contribution >= 0.6 is 15.9 Å². The zero-order valence-corrected chi connectivity index (χ0v) is 21.6. The van der Waals surface area contributed by atoms with Gasteiger partial charge in [-0.2, -0.15) is 0 Å². The van der Waals surface area contributed by atoms with Gasteiger partial charge in [-0.3, -0.25) is 19.1 Å². The minimum Gasteiger partial charge on any atom is -0.453 e. The first-order chi connectivity index (χ1) is 16.1. The Bertz CT molecular complexity index is 1170. The quantitative estimate of drug-likeness (QED) is 0.441. The second-order valence-corrected chi connectivity index (χ2v) is 12.5. The van der Waals surface area contributed by atoms with Crippen molar-refractivity contribution in [3.05, 3.63) is 46.4 Å². The molecular formula is C26H32BrN3O4. The zero-order chi connectivity index (χ0) is 24.3. The van der Waals surface area contributed by atoms with E-state index in [0.29, 0.717) is 29.6 Å². The first kappa shape index (κ1) is 23.4. The number of ether oxygens (including phenoxy) is 1. The molecule has 182 valence electrons. The normalized spacial score (nSPS) is 30.2. The predicted octanol–water partition coefficient (Wildman–Crippen LogP) is 4.48. The van der Waals surface area contributed by atoms with Gasteiger partial charge in [0, 0.05) is 11.4 Å². The van der Waals surface area contributed by atoms with Crippen molar-refractivity contribution in [1.82, 2.24) is 9.36 Å². The third kappa shape index (κ3) is 4.14. The highest BCUT2D eigenvalue weighted by atomic mass is 79.9. The number of halogens is 1. The Morgan fingerprint density at radius 3 is 2.44 bits per heavy atom. The molecular weight excluding hydrogens is 498 g/mol. The number of anilines is 1. The Labute approximate surface area is 208 Å². The minimum absolute atomic E-state index is 0.0136. The average molecular weight is 530 g/mol. The molecule has 0 unspecified atom stereocenters. The molecule has 1 N–H and O–H groups in total. The number of aromatic nitrogens is 2. The van der Waals surface area contributed by atoms with Crippen molar-refractivity contribution in [3.8, 4) is 5.69 Å². The zero-order valence-electron chi connectivity index (χ0n) is 20.0. The molecule has 0 spiro atoms. The van der Waals surface area contributed by atoms with Gasteiger partial charge in [-0.1, -0.05) is 34.1 Å². The van der Waals surface area contributed by atoms with Crippen LogP contribution in [0.5, 0.6) is 0 Å². The molecule has 2 aromatic rings. The SMILES string of the molecule is Cc1c(NC(=O)[C@@H](C)OC(=O)CC23C[C@H]4C[C@@H](CC(Br)(C4)C2)C3)c(=O)n(-c2ccccc2)n1C. The number of amides is 1. The van der Waals surface area contributed by atoms with Gasteiger partial charge in [0.15, 0.2) is 6.10 Å². The Hall–Kier alpha value is -2.35. The largest absolute Gasteiger partial charge is 0.453 e. The molecule has 1 aromatic carbocycles. The van der Waals surface area contributed by atoms with E-state index in [1.54, 1.807) is 25.6 Å². The van der Waals surface area contributed by atoms with Gasteiger partial charge in [0.25, 0.3) is 11.5 Å². The van der Waals surface area contributed by atoms with Crippen molar-refractivity contribution in [2.75, 3.05) is 5.32 Å². The molecule has 4 aliphatic rings. The first-order valence-electron chi connectivity index (χ1n) is 12.1. The van der Waals surface area contributed by atoms with Gasteiger partial charge in [0.1, 0.15) is 5.69 Å². The van der Waals surface area contributed by atoms with E-state index in [2.05, 4.69) is 21.2 Å². The van der Waals surface area contributed by atoms with Gasteiger partial charge in [-0.25, -0.2) is 4.68 Å². The number of hydrogen-bond donors (Lipinski definition) is 1. The summed E-state index contributed by atoms with van der Waals surface area (Å²) in [5, 5.41) is 2.70. The average Bonchev–Trinajstić information content (AvgIpc) is 2.95. The topological polar surface area (TPSA) is 82.3 Å². The van der Waals surface area contributed by atoms with Crippen molar-refractivity contribution in [1.29, 1.82) is 0 Å². The summed E-state index contributed by atoms with van der Waals surface area (Å²) in [5.74, 6) is 0.540. The summed E-state index contributed by atoms with van der Waals surface area (Å²) in [5.41, 5.74) is 1.19. The molecule has 3 atom stereocenters. The molecule has 6 rings (SSSR count). The molecule has 1 heterocycles. The fourth-order valence-corrected chi connectivity index (χ4v) is 8.59. The van der Waals surface area contributed by atoms with Crippen molar-refractivity contribution in [2.45, 2.75) is 69.2 Å². The second kappa shape index (κ2) is 8.40. The van der Waals surface area contributed by atoms with Crippen molar-refractivity contribution in [2.24, 2.45) is 24.3 Å². The molecule has 1 aromatic heterocycles. The summed E-state index contributed by atoms with van der Waals surface area (Å²) in [6.45, 7) is 3.34. The van der Waals surface area contributed by atoms with E-state index in [0.717, 1.165) is 19.3 Å². The summed E-state index contributed by atoms with van der Waals surface area (Å²) in [6, 6.07) is 9.25. The van der Waals surface area contributed by atoms with Crippen LogP contribution in [-0.4, -0.2) is 31.7 Å². The maximum Gasteiger partial charge on any atom is 0.307 e. The lowest BCUT2D eigenvalue weighted by Crippen LogP contribution is -2.53. The minimum atomic E-state index is -0.983. The van der Waals surface area contributed by atoms with Crippen LogP contribution in [0.2, 0.25) is 0 Å². The van der Waals surface area contributed by atoms with Crippen LogP contribution in [0.1, 0.15) is 57.6 Å². The number of para-hydroxylation sites is 1. The molecule has 0 aliphatic heterocycles. The molecule has 4 saturated carbocycles. The number of esters is 1. The van der Waals surface area contributed by atoms with Crippen LogP contribution in [0.15, 0.2) is 35.1 Å². The number of alkyl halides is 1. The summed E-state index contributed by atoms with van der Waals surface area (Å²) < 4.78 is 8.95. The summed E-state index contributed by atoms with van der Waals surface area (Å²) >= 11 is 3.98. The van der Waals surface area contributed by atoms with Crippen LogP contribution in [-0.2, 0) is 21.4 Å². The molecule has 7 nitrogen and oxygen atoms in total. The van der Waals surface area contributed by atoms with Crippen molar-refractivity contribution in [3.63, 3.8) is 0 Å². The molecule has 34 heavy (non-hydrogen) atoms. The van der Waals surface area contributed by atoms with Crippen LogP contribution in [0.3, 0.4) is 0 Å². The molecule has 0 saturated heterocycles. The highest BCUT2D eigenvalue weighted by Crippen LogP contribution is 2.65. The predicted molar refractivity (Wildman–Crippen MR) is 133 cm³/mol. The van der Waals surface area contributed by atoms with E-state index in [-0.39, 0.29) is 27.0 Å². The maximum absolute atomic E-state index is 13.1. The third-order valence-electron chi connectivity index (χ3n) is 8.11. The summed E-state index contributed by atoms with van der Waals surface area (Å²) in [4.78, 5) is 38.8. The molecule has 4 fully saturated rings. The lowest BCUT2D eigenvalue weighted by molar-refractivity contribution is -0.159. The van der Waals surface area contributed by atoms with E-state index in [9.17, 15) is 14.4 Å². The Kier molecular flexibility index (Phi) is 5.78. The lowest BCUT2D eigenvalue weighted by atomic mass is 9.49. The Morgan fingerprint density at radius 2 is 1.82 bits per heavy atom. The molecule has 8 heteroatoms. The van der Waals surface area contributed by atoms with Gasteiger partial charge in [0.2, 0.25) is 0 Å². The number of nitrogens with zero attached hydrogens (tertiary/aromatic N) is 2. The van der Waals surface area contributed by atoms with E-state index in [1.807, 2.05) is 30.3 Å². The standard InChI is InChI=1S/C26H32BrN3O4/c1-16-22(24(33)30(29(16)3)20-7-5-4-6-8-20)28-23(32)17(2)34-21(31)14-25-10-18-9-19(11-25)13-26(27,12-18)15-25/h4-8,17-19H,9-15H2,1-3H3,(H,28,32)/t17-,18-,19-,25?,26?/m1/s1. The number of rotatable bonds is 6. The van der Waals surface area contributed by atoms with E-state index >= 15 is 0 Å². The summed E-state index contributed by atoms with van der Waals surface area (Å²) in [7, 11) is 1.77. The van der Waals surface area contributed by atoms with E-state index in [4.69, 9.17) is 4.74 Å². The molecule has 4 aliphatic carbocycles. The Balaban J connectivity index is 1.25. The fraction of sp³-hybridized carbons (Fsp3) is 0.577. The third-order valence-corrected chi connectivity index (χ3v) is 9.04. The second-order valence-electron chi connectivity index (χ2n) is 10.8. The van der Waals surface area contributed by atoms with Crippen LogP contribution in [0.4, 0.5) is 5.69 Å². The van der Waals surface area contributed by atoms with Crippen LogP contribution < -0.4 is 10.9 Å². The highest BCUT2D eigenvalue weighted by molar-refractivity contribution is 9.10. The van der Waals surface area contributed by atoms with Gasteiger partial charge >= 0.3 is 5.97 Å². The number of carbonyl (C=O) groups excluding carboxylic acids is 2. The monoisotopic (exact) mass is 529 g/mol. The molecule has 4 bridgehead atoms. The highest BCUT2D eigenvalue weighted by Gasteiger charge is 2.57. The number of hydrogen-bond acceptors (Lipinski definition) is 4. The van der Waals surface area contributed by atoms with Crippen LogP contribution in [0, 0.1) is 24.2 Å². The molecule has 1 amide bonds. The van der Waals surface area contributed by atoms with Gasteiger partial charge < -0.3 is 10.1 Å². The molecule has 0 radical (unpaired) electrons. The Morgan fingerprint density at radius 1 is 1.18 bits per heavy atom. The smallest absolute Gasteiger partial charge is 0.307 e. The number of carbonyl (C=O) groups is 2. The fourth-order valence-electron chi connectivity index (χ4n) is 7.08. The maximum atomic E-state index is 13.1. The van der Waals surface area contributed by atoms with Gasteiger partial charge in [-0.15, -0.1) is 0 Å². The van der Waals surface area contributed by atoms with Crippen molar-refractivity contribution >= 4 is 33.5 Å². The van der Waals surface area contributed by atoms with E-state index in [1.165, 1.54) is 23.9 Å². The first-order valence-corrected chi connectivity index (χ1v) is 12.9. The van der Waals surface area contributed by atoms with Crippen molar-refractivity contribution < 1.29 is 14.3 Å². The summed E-state index contributed by atoms with van der Waals surface area (Å²) in [6.07, 6.45) is 6.22. The lowest BCUT2D eigenvalue weighted by Gasteiger charge is -2.60. The number of benzene rings is 1. The van der Waals surface area contributed by atoms with E-state index < -0.39 is 12.0 Å². The van der Waals surface area contributed by atoms with Gasteiger partial charge in [0.05, 0.1) is 17.8 Å². The van der Waals surface area contributed by atoms with Crippen LogP contribution in [0.25, 0.3) is 5.69 Å². The number of nitrogens with one attached hydrogen (secondary N) is 1.